The lowest BCUT2D eigenvalue weighted by molar-refractivity contribution is 0.102. The maximum atomic E-state index is 13.2. The lowest BCUT2D eigenvalue weighted by Crippen LogP contribution is -2.36. The summed E-state index contributed by atoms with van der Waals surface area (Å²) in [6, 6.07) is 3.73. The third kappa shape index (κ3) is 2.90. The average molecular weight is 390 g/mol. The molecule has 9 heteroatoms. The van der Waals surface area contributed by atoms with E-state index >= 15 is 0 Å². The van der Waals surface area contributed by atoms with Crippen LogP contribution in [0.1, 0.15) is 28.5 Å². The highest BCUT2D eigenvalue weighted by atomic mass is 35.5. The van der Waals surface area contributed by atoms with Crippen molar-refractivity contribution in [2.45, 2.75) is 26.4 Å². The Balaban J connectivity index is 1.84. The Morgan fingerprint density at radius 1 is 1.44 bits per heavy atom. The number of nitrogens with one attached hydrogen (secondary N) is 2. The summed E-state index contributed by atoms with van der Waals surface area (Å²) in [6.07, 6.45) is 2.07. The minimum atomic E-state index is -0.492. The van der Waals surface area contributed by atoms with Gasteiger partial charge in [0, 0.05) is 31.7 Å². The first kappa shape index (κ1) is 17.7. The Kier molecular flexibility index (Phi) is 4.45. The predicted molar refractivity (Wildman–Crippen MR) is 99.9 cm³/mol. The van der Waals surface area contributed by atoms with Crippen molar-refractivity contribution in [1.82, 2.24) is 19.5 Å². The molecule has 1 amide bonds. The number of carbonyl (C=O) groups is 1. The lowest BCUT2D eigenvalue weighted by Gasteiger charge is -2.22. The van der Waals surface area contributed by atoms with E-state index in [9.17, 15) is 14.0 Å². The van der Waals surface area contributed by atoms with Crippen LogP contribution in [-0.2, 0) is 19.5 Å². The molecule has 1 aliphatic rings. The molecule has 0 radical (unpaired) electrons. The van der Waals surface area contributed by atoms with Crippen molar-refractivity contribution in [3.63, 3.8) is 0 Å². The largest absolute Gasteiger partial charge is 0.329 e. The van der Waals surface area contributed by atoms with Crippen LogP contribution in [0.25, 0.3) is 5.65 Å². The van der Waals surface area contributed by atoms with Gasteiger partial charge >= 0.3 is 0 Å². The molecule has 27 heavy (non-hydrogen) atoms. The fourth-order valence-corrected chi connectivity index (χ4v) is 3.67. The zero-order valence-electron chi connectivity index (χ0n) is 14.6. The maximum Gasteiger partial charge on any atom is 0.279 e. The molecule has 0 saturated heterocycles. The minimum absolute atomic E-state index is 0.0937. The topological polar surface area (TPSA) is 80.4 Å². The van der Waals surface area contributed by atoms with E-state index in [1.807, 2.05) is 11.5 Å². The molecule has 0 fully saturated rings. The molecule has 0 bridgehead atoms. The number of hydrogen-bond acceptors (Lipinski definition) is 4. The number of amides is 1. The Hall–Kier alpha value is -2.71. The molecule has 0 atom stereocenters. The van der Waals surface area contributed by atoms with E-state index in [2.05, 4.69) is 15.7 Å². The smallest absolute Gasteiger partial charge is 0.279 e. The first-order valence-corrected chi connectivity index (χ1v) is 8.98. The molecule has 1 aliphatic heterocycles. The van der Waals surface area contributed by atoms with E-state index in [0.29, 0.717) is 30.7 Å². The highest BCUT2D eigenvalue weighted by Crippen LogP contribution is 2.24. The number of anilines is 1. The summed E-state index contributed by atoms with van der Waals surface area (Å²) in [5.41, 5.74) is 2.36. The van der Waals surface area contributed by atoms with Gasteiger partial charge in [0.05, 0.1) is 22.5 Å². The molecule has 7 nitrogen and oxygen atoms in total. The molecule has 2 N–H and O–H groups in total. The van der Waals surface area contributed by atoms with Crippen molar-refractivity contribution in [3.05, 3.63) is 62.4 Å². The van der Waals surface area contributed by atoms with Gasteiger partial charge in [0.15, 0.2) is 5.65 Å². The van der Waals surface area contributed by atoms with Crippen molar-refractivity contribution < 1.29 is 9.18 Å². The van der Waals surface area contributed by atoms with Crippen molar-refractivity contribution in [2.24, 2.45) is 0 Å². The molecular formula is C18H17ClFN5O2. The number of halogens is 2. The molecule has 140 valence electrons. The van der Waals surface area contributed by atoms with E-state index in [1.165, 1.54) is 22.8 Å². The van der Waals surface area contributed by atoms with Crippen LogP contribution in [0.2, 0.25) is 5.02 Å². The van der Waals surface area contributed by atoms with Gasteiger partial charge in [-0.05, 0) is 25.1 Å². The summed E-state index contributed by atoms with van der Waals surface area (Å²) in [5.74, 6) is -0.956. The molecule has 0 unspecified atom stereocenters. The van der Waals surface area contributed by atoms with E-state index < -0.39 is 11.7 Å². The molecular weight excluding hydrogens is 373 g/mol. The van der Waals surface area contributed by atoms with Crippen LogP contribution in [-0.4, -0.2) is 26.6 Å². The van der Waals surface area contributed by atoms with Gasteiger partial charge in [0.2, 0.25) is 0 Å². The second kappa shape index (κ2) is 6.79. The molecule has 0 saturated carbocycles. The number of hydrogen-bond donors (Lipinski definition) is 2. The van der Waals surface area contributed by atoms with Crippen LogP contribution < -0.4 is 16.2 Å². The van der Waals surface area contributed by atoms with E-state index in [-0.39, 0.29) is 21.8 Å². The first-order chi connectivity index (χ1) is 13.0. The van der Waals surface area contributed by atoms with Crippen LogP contribution >= 0.6 is 11.6 Å². The summed E-state index contributed by atoms with van der Waals surface area (Å²) in [6.45, 7) is 3.80. The Bertz CT molecular complexity index is 1120. The average Bonchev–Trinajstić information content (AvgIpc) is 3.10. The Labute approximate surface area is 158 Å². The van der Waals surface area contributed by atoms with Crippen LogP contribution in [0, 0.1) is 5.82 Å². The van der Waals surface area contributed by atoms with Gasteiger partial charge in [-0.25, -0.2) is 4.39 Å². The SMILES string of the molecule is CCn1c2c(c(=O)n3ncc(C(=O)Nc4ccc(F)cc4Cl)c13)CNCC2. The standard InChI is InChI=1S/C18H17ClFN5O2/c1-2-24-15-5-6-21-8-11(15)18(27)25-17(24)12(9-22-25)16(26)23-14-4-3-10(20)7-13(14)19/h3-4,7,9,21H,2,5-6,8H2,1H3,(H,23,26). The number of fused-ring (bicyclic) bond motifs is 2. The van der Waals surface area contributed by atoms with Crippen molar-refractivity contribution in [3.8, 4) is 0 Å². The second-order valence-electron chi connectivity index (χ2n) is 6.27. The minimum Gasteiger partial charge on any atom is -0.329 e. The van der Waals surface area contributed by atoms with Gasteiger partial charge in [-0.15, -0.1) is 0 Å². The number of aryl methyl sites for hydroxylation is 1. The number of nitrogens with zero attached hydrogens (tertiary/aromatic N) is 3. The van der Waals surface area contributed by atoms with Crippen LogP contribution in [0.4, 0.5) is 10.1 Å². The van der Waals surface area contributed by atoms with E-state index in [4.69, 9.17) is 11.6 Å². The maximum absolute atomic E-state index is 13.2. The molecule has 3 aromatic rings. The Morgan fingerprint density at radius 2 is 2.26 bits per heavy atom. The number of benzene rings is 1. The number of rotatable bonds is 3. The third-order valence-corrected chi connectivity index (χ3v) is 5.02. The van der Waals surface area contributed by atoms with Crippen molar-refractivity contribution in [2.75, 3.05) is 11.9 Å². The first-order valence-electron chi connectivity index (χ1n) is 8.60. The lowest BCUT2D eigenvalue weighted by atomic mass is 10.1. The molecule has 2 aromatic heterocycles. The van der Waals surface area contributed by atoms with Crippen LogP contribution in [0.3, 0.4) is 0 Å². The van der Waals surface area contributed by atoms with Gasteiger partial charge in [-0.1, -0.05) is 11.6 Å². The van der Waals surface area contributed by atoms with Gasteiger partial charge in [0.25, 0.3) is 11.5 Å². The zero-order chi connectivity index (χ0) is 19.1. The number of carbonyl (C=O) groups excluding carboxylic acids is 1. The summed E-state index contributed by atoms with van der Waals surface area (Å²) in [4.78, 5) is 25.6. The molecule has 0 aliphatic carbocycles. The van der Waals surface area contributed by atoms with E-state index in [1.54, 1.807) is 0 Å². The highest BCUT2D eigenvalue weighted by Gasteiger charge is 2.24. The molecule has 0 spiro atoms. The fourth-order valence-electron chi connectivity index (χ4n) is 3.46. The van der Waals surface area contributed by atoms with Crippen molar-refractivity contribution in [1.29, 1.82) is 0 Å². The summed E-state index contributed by atoms with van der Waals surface area (Å²) >= 11 is 5.99. The summed E-state index contributed by atoms with van der Waals surface area (Å²) in [7, 11) is 0. The fraction of sp³-hybridized carbons (Fsp3) is 0.278. The Morgan fingerprint density at radius 3 is 3.00 bits per heavy atom. The van der Waals surface area contributed by atoms with Crippen LogP contribution in [0.5, 0.6) is 0 Å². The quantitative estimate of drug-likeness (QED) is 0.719. The number of aromatic nitrogens is 3. The second-order valence-corrected chi connectivity index (χ2v) is 6.68. The van der Waals surface area contributed by atoms with Gasteiger partial charge in [0.1, 0.15) is 11.4 Å². The third-order valence-electron chi connectivity index (χ3n) is 4.70. The van der Waals surface area contributed by atoms with Gasteiger partial charge in [-0.2, -0.15) is 9.61 Å². The highest BCUT2D eigenvalue weighted by molar-refractivity contribution is 6.34. The van der Waals surface area contributed by atoms with Gasteiger partial charge in [-0.3, -0.25) is 9.59 Å². The monoisotopic (exact) mass is 389 g/mol. The van der Waals surface area contributed by atoms with Crippen molar-refractivity contribution >= 4 is 28.8 Å². The predicted octanol–water partition coefficient (Wildman–Crippen LogP) is 2.21. The molecule has 4 rings (SSSR count). The van der Waals surface area contributed by atoms with Crippen LogP contribution in [0.15, 0.2) is 29.2 Å². The molecule has 1 aromatic carbocycles. The normalized spacial score (nSPS) is 13.6. The molecule has 3 heterocycles. The summed E-state index contributed by atoms with van der Waals surface area (Å²) in [5, 5.41) is 10.1. The van der Waals surface area contributed by atoms with E-state index in [0.717, 1.165) is 18.3 Å². The zero-order valence-corrected chi connectivity index (χ0v) is 15.3. The van der Waals surface area contributed by atoms with Gasteiger partial charge < -0.3 is 15.2 Å². The summed E-state index contributed by atoms with van der Waals surface area (Å²) < 4.78 is 16.4.